The van der Waals surface area contributed by atoms with Crippen LogP contribution in [0.2, 0.25) is 5.02 Å². The molecule has 2 aromatic rings. The first-order chi connectivity index (χ1) is 14.0. The van der Waals surface area contributed by atoms with E-state index in [1.54, 1.807) is 0 Å². The summed E-state index contributed by atoms with van der Waals surface area (Å²) in [4.78, 5) is 15.9. The minimum Gasteiger partial charge on any atom is -0.352 e. The van der Waals surface area contributed by atoms with Gasteiger partial charge in [0.2, 0.25) is 5.91 Å². The summed E-state index contributed by atoms with van der Waals surface area (Å²) in [7, 11) is 0. The highest BCUT2D eigenvalue weighted by Gasteiger charge is 2.44. The third-order valence-electron chi connectivity index (χ3n) is 7.19. The van der Waals surface area contributed by atoms with Crippen LogP contribution in [-0.2, 0) is 16.8 Å². The van der Waals surface area contributed by atoms with Crippen LogP contribution in [-0.4, -0.2) is 29.9 Å². The third kappa shape index (κ3) is 4.22. The molecule has 1 aliphatic heterocycles. The monoisotopic (exact) mass is 410 g/mol. The fourth-order valence-electron chi connectivity index (χ4n) is 5.15. The summed E-state index contributed by atoms with van der Waals surface area (Å²) >= 11 is 6.05. The highest BCUT2D eigenvalue weighted by molar-refractivity contribution is 6.30. The first-order valence-corrected chi connectivity index (χ1v) is 11.2. The first-order valence-electron chi connectivity index (χ1n) is 10.8. The molecule has 1 saturated heterocycles. The van der Waals surface area contributed by atoms with Gasteiger partial charge in [-0.2, -0.15) is 0 Å². The summed E-state index contributed by atoms with van der Waals surface area (Å²) in [6.45, 7) is 7.37. The number of halogens is 1. The van der Waals surface area contributed by atoms with Crippen molar-refractivity contribution in [1.82, 2.24) is 10.2 Å². The van der Waals surface area contributed by atoms with Crippen molar-refractivity contribution in [3.8, 4) is 0 Å². The second-order valence-corrected chi connectivity index (χ2v) is 9.39. The second-order valence-electron chi connectivity index (χ2n) is 8.95. The highest BCUT2D eigenvalue weighted by atomic mass is 35.5. The molecule has 2 fully saturated rings. The minimum atomic E-state index is -0.523. The molecule has 0 radical (unpaired) electrons. The molecule has 1 amide bonds. The second kappa shape index (κ2) is 8.49. The summed E-state index contributed by atoms with van der Waals surface area (Å²) < 4.78 is 0. The van der Waals surface area contributed by atoms with Crippen molar-refractivity contribution in [1.29, 1.82) is 0 Å². The molecule has 0 aromatic heterocycles. The normalized spacial score (nSPS) is 26.1. The van der Waals surface area contributed by atoms with E-state index in [1.165, 1.54) is 12.0 Å². The maximum absolute atomic E-state index is 13.3. The summed E-state index contributed by atoms with van der Waals surface area (Å²) in [5.41, 5.74) is 1.88. The Kier molecular flexibility index (Phi) is 5.98. The number of hydrogen-bond acceptors (Lipinski definition) is 2. The van der Waals surface area contributed by atoms with E-state index in [2.05, 4.69) is 47.5 Å². The van der Waals surface area contributed by atoms with Gasteiger partial charge in [0.25, 0.3) is 0 Å². The Hall–Kier alpha value is -1.84. The average molecular weight is 411 g/mol. The van der Waals surface area contributed by atoms with E-state index < -0.39 is 5.41 Å². The number of likely N-dealkylation sites (tertiary alicyclic amines) is 1. The van der Waals surface area contributed by atoms with E-state index in [4.69, 9.17) is 11.6 Å². The first kappa shape index (κ1) is 20.4. The zero-order chi connectivity index (χ0) is 20.4. The van der Waals surface area contributed by atoms with E-state index in [1.807, 2.05) is 31.2 Å². The highest BCUT2D eigenvalue weighted by Crippen LogP contribution is 2.39. The lowest BCUT2D eigenvalue weighted by Gasteiger charge is -2.31. The number of amides is 1. The molecule has 2 aromatic carbocycles. The lowest BCUT2D eigenvalue weighted by Crippen LogP contribution is -2.48. The zero-order valence-electron chi connectivity index (χ0n) is 17.4. The van der Waals surface area contributed by atoms with Crippen LogP contribution in [0, 0.1) is 11.8 Å². The molecule has 4 heteroatoms. The van der Waals surface area contributed by atoms with Crippen molar-refractivity contribution >= 4 is 17.5 Å². The minimum absolute atomic E-state index is 0.148. The lowest BCUT2D eigenvalue weighted by atomic mass is 9.79. The number of nitrogens with one attached hydrogen (secondary N) is 1. The predicted octanol–water partition coefficient (Wildman–Crippen LogP) is 5.03. The molecule has 4 atom stereocenters. The molecule has 4 rings (SSSR count). The number of nitrogens with zero attached hydrogens (tertiary/aromatic N) is 1. The Morgan fingerprint density at radius 1 is 1.10 bits per heavy atom. The maximum atomic E-state index is 13.3. The molecule has 154 valence electrons. The van der Waals surface area contributed by atoms with Crippen LogP contribution >= 0.6 is 11.6 Å². The van der Waals surface area contributed by atoms with E-state index in [9.17, 15) is 4.79 Å². The molecular formula is C25H31ClN2O. The summed E-state index contributed by atoms with van der Waals surface area (Å²) in [6, 6.07) is 18.7. The Morgan fingerprint density at radius 2 is 1.83 bits per heavy atom. The number of benzene rings is 2. The maximum Gasteiger partial charge on any atom is 0.230 e. The number of rotatable bonds is 6. The van der Waals surface area contributed by atoms with Gasteiger partial charge in [-0.05, 0) is 61.3 Å². The molecular weight excluding hydrogens is 380 g/mol. The average Bonchev–Trinajstić information content (AvgIpc) is 3.29. The third-order valence-corrected chi connectivity index (χ3v) is 7.44. The van der Waals surface area contributed by atoms with Gasteiger partial charge in [0.1, 0.15) is 0 Å². The van der Waals surface area contributed by atoms with E-state index in [0.717, 1.165) is 38.0 Å². The fourth-order valence-corrected chi connectivity index (χ4v) is 5.27. The Bertz CT molecular complexity index is 838. The topological polar surface area (TPSA) is 32.3 Å². The Morgan fingerprint density at radius 3 is 2.52 bits per heavy atom. The Labute approximate surface area is 179 Å². The van der Waals surface area contributed by atoms with Gasteiger partial charge < -0.3 is 5.32 Å². The van der Waals surface area contributed by atoms with Gasteiger partial charge in [-0.15, -0.1) is 0 Å². The molecule has 1 N–H and O–H groups in total. The van der Waals surface area contributed by atoms with Gasteiger partial charge in [0.15, 0.2) is 0 Å². The molecule has 0 bridgehead atoms. The smallest absolute Gasteiger partial charge is 0.230 e. The van der Waals surface area contributed by atoms with Crippen LogP contribution in [0.4, 0.5) is 0 Å². The lowest BCUT2D eigenvalue weighted by molar-refractivity contribution is -0.127. The van der Waals surface area contributed by atoms with Crippen molar-refractivity contribution in [3.05, 3.63) is 70.7 Å². The van der Waals surface area contributed by atoms with E-state index in [-0.39, 0.29) is 11.9 Å². The molecule has 0 spiro atoms. The van der Waals surface area contributed by atoms with Gasteiger partial charge in [-0.25, -0.2) is 0 Å². The largest absolute Gasteiger partial charge is 0.352 e. The molecule has 1 unspecified atom stereocenters. The molecule has 1 saturated carbocycles. The van der Waals surface area contributed by atoms with Gasteiger partial charge in [-0.1, -0.05) is 61.0 Å². The van der Waals surface area contributed by atoms with Crippen molar-refractivity contribution in [2.75, 3.05) is 13.1 Å². The van der Waals surface area contributed by atoms with E-state index in [0.29, 0.717) is 16.9 Å². The molecule has 1 aliphatic carbocycles. The quantitative estimate of drug-likeness (QED) is 0.723. The standard InChI is InChI=1S/C25H31ClN2O/c1-3-25(2,20-10-12-21(26)13-11-20)24(29)27-23-14-9-19-16-28(17-22(19)23)15-18-7-5-4-6-8-18/h4-8,10-13,19,22-23H,3,9,14-17H2,1-2H3,(H,27,29)/t19-,22+,23+,25?/m1/s1. The van der Waals surface area contributed by atoms with Crippen LogP contribution in [0.5, 0.6) is 0 Å². The van der Waals surface area contributed by atoms with Crippen molar-refractivity contribution in [2.45, 2.75) is 51.1 Å². The number of hydrogen-bond donors (Lipinski definition) is 1. The van der Waals surface area contributed by atoms with Crippen LogP contribution in [0.3, 0.4) is 0 Å². The number of fused-ring (bicyclic) bond motifs is 1. The van der Waals surface area contributed by atoms with Crippen LogP contribution in [0.1, 0.15) is 44.2 Å². The predicted molar refractivity (Wildman–Crippen MR) is 119 cm³/mol. The van der Waals surface area contributed by atoms with Crippen molar-refractivity contribution < 1.29 is 4.79 Å². The number of carbonyl (C=O) groups excluding carboxylic acids is 1. The molecule has 29 heavy (non-hydrogen) atoms. The van der Waals surface area contributed by atoms with Gasteiger partial charge in [0.05, 0.1) is 5.41 Å². The van der Waals surface area contributed by atoms with Crippen LogP contribution < -0.4 is 5.32 Å². The fraction of sp³-hybridized carbons (Fsp3) is 0.480. The van der Waals surface area contributed by atoms with Crippen molar-refractivity contribution in [2.24, 2.45) is 11.8 Å². The summed E-state index contributed by atoms with van der Waals surface area (Å²) in [5, 5.41) is 4.15. The van der Waals surface area contributed by atoms with Gasteiger partial charge in [0, 0.05) is 30.7 Å². The van der Waals surface area contributed by atoms with Gasteiger partial charge >= 0.3 is 0 Å². The Balaban J connectivity index is 1.41. The van der Waals surface area contributed by atoms with Crippen LogP contribution in [0.15, 0.2) is 54.6 Å². The van der Waals surface area contributed by atoms with E-state index >= 15 is 0 Å². The van der Waals surface area contributed by atoms with Gasteiger partial charge in [-0.3, -0.25) is 9.69 Å². The summed E-state index contributed by atoms with van der Waals surface area (Å²) in [6.07, 6.45) is 3.08. The van der Waals surface area contributed by atoms with Crippen LogP contribution in [0.25, 0.3) is 0 Å². The molecule has 3 nitrogen and oxygen atoms in total. The van der Waals surface area contributed by atoms with Crippen molar-refractivity contribution in [3.63, 3.8) is 0 Å². The number of carbonyl (C=O) groups is 1. The molecule has 1 heterocycles. The summed E-state index contributed by atoms with van der Waals surface area (Å²) in [5.74, 6) is 1.41. The zero-order valence-corrected chi connectivity index (χ0v) is 18.2. The molecule has 2 aliphatic rings. The SMILES string of the molecule is CCC(C)(C(=O)N[C@H]1CC[C@@H]2CN(Cc3ccccc3)C[C@@H]21)c1ccc(Cl)cc1.